The van der Waals surface area contributed by atoms with E-state index in [0.717, 1.165) is 43.5 Å². The number of aromatic nitrogens is 4. The lowest BCUT2D eigenvalue weighted by Gasteiger charge is -2.32. The summed E-state index contributed by atoms with van der Waals surface area (Å²) in [6.07, 6.45) is 0.0341. The average molecular weight is 311 g/mol. The Kier molecular flexibility index (Phi) is 3.76. The second-order valence-corrected chi connectivity index (χ2v) is 5.41. The first-order valence-corrected chi connectivity index (χ1v) is 7.09. The third-order valence-electron chi connectivity index (χ3n) is 3.85. The lowest BCUT2D eigenvalue weighted by molar-refractivity contribution is -0.141. The van der Waals surface area contributed by atoms with Gasteiger partial charge in [-0.1, -0.05) is 0 Å². The van der Waals surface area contributed by atoms with Crippen LogP contribution in [0.15, 0.2) is 24.7 Å². The minimum absolute atomic E-state index is 0.00437. The molecule has 3 rings (SSSR count). The van der Waals surface area contributed by atoms with Crippen LogP contribution in [-0.2, 0) is 6.18 Å². The molecule has 0 saturated carbocycles. The first-order valence-electron chi connectivity index (χ1n) is 7.09. The van der Waals surface area contributed by atoms with Gasteiger partial charge in [0.05, 0.1) is 6.04 Å². The summed E-state index contributed by atoms with van der Waals surface area (Å²) in [5.74, 6) is 0.863. The van der Waals surface area contributed by atoms with Crippen LogP contribution in [0, 0.1) is 6.92 Å². The third-order valence-corrected chi connectivity index (χ3v) is 3.85. The van der Waals surface area contributed by atoms with Gasteiger partial charge in [0.2, 0.25) is 0 Å². The minimum atomic E-state index is -4.38. The van der Waals surface area contributed by atoms with Crippen LogP contribution in [0.4, 0.5) is 19.0 Å². The van der Waals surface area contributed by atoms with E-state index in [2.05, 4.69) is 20.0 Å². The predicted octanol–water partition coefficient (Wildman–Crippen LogP) is 2.84. The number of aryl methyl sites for hydroxylation is 1. The van der Waals surface area contributed by atoms with Crippen LogP contribution in [0.5, 0.6) is 0 Å². The molecule has 2 aromatic heterocycles. The van der Waals surface area contributed by atoms with Crippen molar-refractivity contribution in [3.8, 4) is 0 Å². The van der Waals surface area contributed by atoms with Gasteiger partial charge in [0.25, 0.3) is 0 Å². The zero-order chi connectivity index (χ0) is 15.7. The summed E-state index contributed by atoms with van der Waals surface area (Å²) < 4.78 is 39.2. The standard InChI is InChI=1S/C14H16F3N5/c1-10-8-13(19-9-18-10)21-5-2-11(3-6-21)22-7-4-12(20-22)14(15,16)17/h4,7-9,11H,2-3,5-6H2,1H3. The van der Waals surface area contributed by atoms with Crippen molar-refractivity contribution in [3.05, 3.63) is 36.0 Å². The Morgan fingerprint density at radius 2 is 1.91 bits per heavy atom. The summed E-state index contributed by atoms with van der Waals surface area (Å²) >= 11 is 0. The number of halogens is 3. The van der Waals surface area contributed by atoms with Crippen LogP contribution < -0.4 is 4.90 Å². The second-order valence-electron chi connectivity index (χ2n) is 5.41. The molecule has 0 bridgehead atoms. The molecule has 0 N–H and O–H groups in total. The van der Waals surface area contributed by atoms with E-state index >= 15 is 0 Å². The monoisotopic (exact) mass is 311 g/mol. The molecule has 0 atom stereocenters. The first kappa shape index (κ1) is 14.8. The Hall–Kier alpha value is -2.12. The van der Waals surface area contributed by atoms with Gasteiger partial charge >= 0.3 is 6.18 Å². The zero-order valence-corrected chi connectivity index (χ0v) is 12.1. The van der Waals surface area contributed by atoms with E-state index in [0.29, 0.717) is 0 Å². The van der Waals surface area contributed by atoms with Gasteiger partial charge < -0.3 is 4.90 Å². The smallest absolute Gasteiger partial charge is 0.356 e. The van der Waals surface area contributed by atoms with Crippen LogP contribution in [0.2, 0.25) is 0 Å². The molecule has 1 aliphatic rings. The topological polar surface area (TPSA) is 46.8 Å². The zero-order valence-electron chi connectivity index (χ0n) is 12.1. The van der Waals surface area contributed by atoms with Crippen molar-refractivity contribution in [1.29, 1.82) is 0 Å². The van der Waals surface area contributed by atoms with Crippen molar-refractivity contribution in [1.82, 2.24) is 19.7 Å². The molecule has 1 saturated heterocycles. The number of piperidine rings is 1. The molecule has 1 aliphatic heterocycles. The largest absolute Gasteiger partial charge is 0.435 e. The number of hydrogen-bond donors (Lipinski definition) is 0. The van der Waals surface area contributed by atoms with E-state index in [9.17, 15) is 13.2 Å². The van der Waals surface area contributed by atoms with Crippen LogP contribution in [-0.4, -0.2) is 32.8 Å². The van der Waals surface area contributed by atoms with Crippen LogP contribution in [0.1, 0.15) is 30.3 Å². The lowest BCUT2D eigenvalue weighted by Crippen LogP contribution is -2.35. The van der Waals surface area contributed by atoms with Gasteiger partial charge in [-0.05, 0) is 25.8 Å². The highest BCUT2D eigenvalue weighted by molar-refractivity contribution is 5.39. The Morgan fingerprint density at radius 3 is 2.50 bits per heavy atom. The van der Waals surface area contributed by atoms with Crippen molar-refractivity contribution in [2.24, 2.45) is 0 Å². The predicted molar refractivity (Wildman–Crippen MR) is 74.5 cm³/mol. The molecule has 5 nitrogen and oxygen atoms in total. The molecule has 3 heterocycles. The maximum Gasteiger partial charge on any atom is 0.435 e. The summed E-state index contributed by atoms with van der Waals surface area (Å²) in [7, 11) is 0. The molecular formula is C14H16F3N5. The van der Waals surface area contributed by atoms with Gasteiger partial charge in [-0.15, -0.1) is 0 Å². The molecule has 0 unspecified atom stereocenters. The van der Waals surface area contributed by atoms with E-state index in [4.69, 9.17) is 0 Å². The molecule has 0 aromatic carbocycles. The van der Waals surface area contributed by atoms with Gasteiger partial charge in [-0.3, -0.25) is 4.68 Å². The Morgan fingerprint density at radius 1 is 1.18 bits per heavy atom. The molecule has 0 radical (unpaired) electrons. The molecule has 0 amide bonds. The van der Waals surface area contributed by atoms with Gasteiger partial charge in [0.1, 0.15) is 12.1 Å². The lowest BCUT2D eigenvalue weighted by atomic mass is 10.1. The molecular weight excluding hydrogens is 295 g/mol. The Bertz CT molecular complexity index is 644. The quantitative estimate of drug-likeness (QED) is 0.855. The third kappa shape index (κ3) is 3.05. The minimum Gasteiger partial charge on any atom is -0.356 e. The van der Waals surface area contributed by atoms with Crippen molar-refractivity contribution < 1.29 is 13.2 Å². The van der Waals surface area contributed by atoms with E-state index in [1.165, 1.54) is 17.2 Å². The Labute approximate surface area is 125 Å². The van der Waals surface area contributed by atoms with Crippen LogP contribution in [0.3, 0.4) is 0 Å². The van der Waals surface area contributed by atoms with Crippen molar-refractivity contribution in [2.45, 2.75) is 32.0 Å². The summed E-state index contributed by atoms with van der Waals surface area (Å²) in [4.78, 5) is 10.4. The first-order chi connectivity index (χ1) is 10.4. The molecule has 0 spiro atoms. The summed E-state index contributed by atoms with van der Waals surface area (Å²) in [6, 6.07) is 2.94. The van der Waals surface area contributed by atoms with E-state index in [1.54, 1.807) is 0 Å². The van der Waals surface area contributed by atoms with Gasteiger partial charge in [0.15, 0.2) is 5.69 Å². The summed E-state index contributed by atoms with van der Waals surface area (Å²) in [6.45, 7) is 3.38. The summed E-state index contributed by atoms with van der Waals surface area (Å²) in [5.41, 5.74) is 0.0652. The highest BCUT2D eigenvalue weighted by Crippen LogP contribution is 2.30. The number of alkyl halides is 3. The molecule has 118 valence electrons. The van der Waals surface area contributed by atoms with Crippen molar-refractivity contribution in [3.63, 3.8) is 0 Å². The van der Waals surface area contributed by atoms with Gasteiger partial charge in [0, 0.05) is 31.0 Å². The Balaban J connectivity index is 1.65. The molecule has 22 heavy (non-hydrogen) atoms. The number of anilines is 1. The molecule has 2 aromatic rings. The van der Waals surface area contributed by atoms with Crippen molar-refractivity contribution in [2.75, 3.05) is 18.0 Å². The maximum atomic E-state index is 12.6. The number of nitrogens with zero attached hydrogens (tertiary/aromatic N) is 5. The van der Waals surface area contributed by atoms with Crippen LogP contribution >= 0.6 is 0 Å². The highest BCUT2D eigenvalue weighted by Gasteiger charge is 2.34. The molecule has 8 heteroatoms. The van der Waals surface area contributed by atoms with Crippen molar-refractivity contribution >= 4 is 5.82 Å². The fourth-order valence-corrected chi connectivity index (χ4v) is 2.67. The average Bonchev–Trinajstić information content (AvgIpc) is 2.97. The van der Waals surface area contributed by atoms with Gasteiger partial charge in [-0.25, -0.2) is 9.97 Å². The number of hydrogen-bond acceptors (Lipinski definition) is 4. The SMILES string of the molecule is Cc1cc(N2CCC(n3ccc(C(F)(F)F)n3)CC2)ncn1. The fraction of sp³-hybridized carbons (Fsp3) is 0.500. The molecule has 0 aliphatic carbocycles. The summed E-state index contributed by atoms with van der Waals surface area (Å²) in [5, 5.41) is 3.66. The van der Waals surface area contributed by atoms with E-state index in [1.807, 2.05) is 13.0 Å². The normalized spacial score (nSPS) is 17.0. The fourth-order valence-electron chi connectivity index (χ4n) is 2.67. The highest BCUT2D eigenvalue weighted by atomic mass is 19.4. The maximum absolute atomic E-state index is 12.6. The number of rotatable bonds is 2. The molecule has 1 fully saturated rings. The van der Waals surface area contributed by atoms with Gasteiger partial charge in [-0.2, -0.15) is 18.3 Å². The van der Waals surface area contributed by atoms with Crippen LogP contribution in [0.25, 0.3) is 0 Å². The van der Waals surface area contributed by atoms with E-state index < -0.39 is 11.9 Å². The van der Waals surface area contributed by atoms with E-state index in [-0.39, 0.29) is 6.04 Å². The second kappa shape index (κ2) is 5.58.